The van der Waals surface area contributed by atoms with Gasteiger partial charge in [-0.05, 0) is 42.3 Å². The number of aryl methyl sites for hydroxylation is 1. The molecule has 1 aliphatic heterocycles. The molecule has 5 heteroatoms. The Bertz CT molecular complexity index is 826. The maximum absolute atomic E-state index is 5.61. The fourth-order valence-corrected chi connectivity index (χ4v) is 2.60. The molecule has 1 aliphatic rings. The SMILES string of the molecule is Cc1ccn2c(NCc3ccc4c(c3)OCCO4)cnc2c1. The quantitative estimate of drug-likeness (QED) is 0.807. The summed E-state index contributed by atoms with van der Waals surface area (Å²) in [6, 6.07) is 10.2. The number of imidazole rings is 1. The molecule has 4 rings (SSSR count). The van der Waals surface area contributed by atoms with Gasteiger partial charge < -0.3 is 14.8 Å². The van der Waals surface area contributed by atoms with Gasteiger partial charge in [-0.15, -0.1) is 0 Å². The van der Waals surface area contributed by atoms with Crippen LogP contribution >= 0.6 is 0 Å². The van der Waals surface area contributed by atoms with E-state index in [1.54, 1.807) is 0 Å². The summed E-state index contributed by atoms with van der Waals surface area (Å²) in [6.45, 7) is 4.00. The molecule has 22 heavy (non-hydrogen) atoms. The van der Waals surface area contributed by atoms with E-state index in [-0.39, 0.29) is 0 Å². The second-order valence-electron chi connectivity index (χ2n) is 5.41. The number of pyridine rings is 1. The van der Waals surface area contributed by atoms with E-state index in [1.807, 2.05) is 35.0 Å². The average Bonchev–Trinajstić information content (AvgIpc) is 2.95. The second kappa shape index (κ2) is 5.26. The first-order chi connectivity index (χ1) is 10.8. The Morgan fingerprint density at radius 1 is 1.14 bits per heavy atom. The van der Waals surface area contributed by atoms with Gasteiger partial charge in [0.2, 0.25) is 0 Å². The molecule has 0 atom stereocenters. The first kappa shape index (κ1) is 13.0. The summed E-state index contributed by atoms with van der Waals surface area (Å²) < 4.78 is 13.2. The van der Waals surface area contributed by atoms with Crippen LogP contribution in [0.3, 0.4) is 0 Å². The van der Waals surface area contributed by atoms with E-state index in [4.69, 9.17) is 9.47 Å². The molecule has 1 N–H and O–H groups in total. The number of fused-ring (bicyclic) bond motifs is 2. The number of ether oxygens (including phenoxy) is 2. The first-order valence-electron chi connectivity index (χ1n) is 7.36. The third-order valence-corrected chi connectivity index (χ3v) is 3.75. The van der Waals surface area contributed by atoms with Gasteiger partial charge in [0.25, 0.3) is 0 Å². The number of anilines is 1. The lowest BCUT2D eigenvalue weighted by Crippen LogP contribution is -2.15. The standard InChI is InChI=1S/C17H17N3O2/c1-12-4-5-20-16(8-12)19-11-17(20)18-10-13-2-3-14-15(9-13)22-7-6-21-14/h2-5,8-9,11,18H,6-7,10H2,1H3. The summed E-state index contributed by atoms with van der Waals surface area (Å²) in [5.41, 5.74) is 3.30. The van der Waals surface area contributed by atoms with Crippen molar-refractivity contribution in [3.05, 3.63) is 53.9 Å². The van der Waals surface area contributed by atoms with Gasteiger partial charge in [0, 0.05) is 12.7 Å². The van der Waals surface area contributed by atoms with Crippen LogP contribution in [0.25, 0.3) is 5.65 Å². The van der Waals surface area contributed by atoms with Crippen LogP contribution in [0.15, 0.2) is 42.7 Å². The van der Waals surface area contributed by atoms with Gasteiger partial charge in [0.15, 0.2) is 11.5 Å². The number of aromatic nitrogens is 2. The van der Waals surface area contributed by atoms with E-state index in [1.165, 1.54) is 5.56 Å². The van der Waals surface area contributed by atoms with Gasteiger partial charge in [-0.3, -0.25) is 4.40 Å². The molecule has 0 bridgehead atoms. The molecule has 0 fully saturated rings. The lowest BCUT2D eigenvalue weighted by Gasteiger charge is -2.19. The van der Waals surface area contributed by atoms with Gasteiger partial charge >= 0.3 is 0 Å². The molecule has 2 aromatic heterocycles. The number of rotatable bonds is 3. The van der Waals surface area contributed by atoms with Crippen LogP contribution in [-0.4, -0.2) is 22.6 Å². The molecule has 0 saturated carbocycles. The number of nitrogens with one attached hydrogen (secondary N) is 1. The highest BCUT2D eigenvalue weighted by molar-refractivity contribution is 5.52. The van der Waals surface area contributed by atoms with Gasteiger partial charge in [-0.2, -0.15) is 0 Å². The van der Waals surface area contributed by atoms with Crippen molar-refractivity contribution in [3.63, 3.8) is 0 Å². The van der Waals surface area contributed by atoms with E-state index in [0.717, 1.165) is 28.5 Å². The van der Waals surface area contributed by atoms with Gasteiger partial charge in [0.1, 0.15) is 24.7 Å². The van der Waals surface area contributed by atoms with E-state index >= 15 is 0 Å². The molecule has 112 valence electrons. The molecule has 3 aromatic rings. The number of nitrogens with zero attached hydrogens (tertiary/aromatic N) is 2. The molecular weight excluding hydrogens is 278 g/mol. The third kappa shape index (κ3) is 2.35. The number of benzene rings is 1. The monoisotopic (exact) mass is 295 g/mol. The minimum atomic E-state index is 0.608. The fraction of sp³-hybridized carbons (Fsp3) is 0.235. The smallest absolute Gasteiger partial charge is 0.161 e. The van der Waals surface area contributed by atoms with E-state index in [9.17, 15) is 0 Å². The van der Waals surface area contributed by atoms with Crippen molar-refractivity contribution in [3.8, 4) is 11.5 Å². The number of hydrogen-bond acceptors (Lipinski definition) is 4. The number of hydrogen-bond donors (Lipinski definition) is 1. The third-order valence-electron chi connectivity index (χ3n) is 3.75. The van der Waals surface area contributed by atoms with Gasteiger partial charge in [-0.1, -0.05) is 6.07 Å². The van der Waals surface area contributed by atoms with Crippen LogP contribution in [-0.2, 0) is 6.54 Å². The highest BCUT2D eigenvalue weighted by Gasteiger charge is 2.11. The van der Waals surface area contributed by atoms with Crippen molar-refractivity contribution >= 4 is 11.5 Å². The lowest BCUT2D eigenvalue weighted by molar-refractivity contribution is 0.171. The molecule has 0 spiro atoms. The van der Waals surface area contributed by atoms with Crippen LogP contribution in [0.1, 0.15) is 11.1 Å². The zero-order valence-corrected chi connectivity index (χ0v) is 12.4. The summed E-state index contributed by atoms with van der Waals surface area (Å²) in [4.78, 5) is 4.42. The van der Waals surface area contributed by atoms with Crippen molar-refractivity contribution in [1.82, 2.24) is 9.38 Å². The van der Waals surface area contributed by atoms with Crippen LogP contribution in [0.4, 0.5) is 5.82 Å². The topological polar surface area (TPSA) is 47.8 Å². The van der Waals surface area contributed by atoms with E-state index < -0.39 is 0 Å². The summed E-state index contributed by atoms with van der Waals surface area (Å²) in [6.07, 6.45) is 3.89. The Kier molecular flexibility index (Phi) is 3.11. The summed E-state index contributed by atoms with van der Waals surface area (Å²) in [5.74, 6) is 2.62. The van der Waals surface area contributed by atoms with Crippen molar-refractivity contribution in [2.75, 3.05) is 18.5 Å². The Morgan fingerprint density at radius 3 is 2.91 bits per heavy atom. The van der Waals surface area contributed by atoms with Crippen molar-refractivity contribution in [1.29, 1.82) is 0 Å². The molecule has 5 nitrogen and oxygen atoms in total. The molecule has 0 saturated heterocycles. The minimum absolute atomic E-state index is 0.608. The van der Waals surface area contributed by atoms with Crippen LogP contribution < -0.4 is 14.8 Å². The average molecular weight is 295 g/mol. The second-order valence-corrected chi connectivity index (χ2v) is 5.41. The van der Waals surface area contributed by atoms with Gasteiger partial charge in [0.05, 0.1) is 6.20 Å². The Hall–Kier alpha value is -2.69. The van der Waals surface area contributed by atoms with Crippen LogP contribution in [0, 0.1) is 6.92 Å². The molecule has 1 aromatic carbocycles. The zero-order chi connectivity index (χ0) is 14.9. The van der Waals surface area contributed by atoms with Crippen molar-refractivity contribution < 1.29 is 9.47 Å². The maximum atomic E-state index is 5.61. The molecular formula is C17H17N3O2. The van der Waals surface area contributed by atoms with Crippen LogP contribution in [0.2, 0.25) is 0 Å². The summed E-state index contributed by atoms with van der Waals surface area (Å²) >= 11 is 0. The predicted octanol–water partition coefficient (Wildman–Crippen LogP) is 3.03. The van der Waals surface area contributed by atoms with Crippen molar-refractivity contribution in [2.45, 2.75) is 13.5 Å². The summed E-state index contributed by atoms with van der Waals surface area (Å²) in [5, 5.41) is 3.41. The highest BCUT2D eigenvalue weighted by Crippen LogP contribution is 2.30. The molecule has 0 unspecified atom stereocenters. The normalized spacial score (nSPS) is 13.3. The Balaban J connectivity index is 1.54. The Morgan fingerprint density at radius 2 is 2.00 bits per heavy atom. The van der Waals surface area contributed by atoms with E-state index in [0.29, 0.717) is 19.8 Å². The molecule has 0 radical (unpaired) electrons. The zero-order valence-electron chi connectivity index (χ0n) is 12.4. The van der Waals surface area contributed by atoms with E-state index in [2.05, 4.69) is 29.4 Å². The first-order valence-corrected chi connectivity index (χ1v) is 7.36. The molecule has 3 heterocycles. The maximum Gasteiger partial charge on any atom is 0.161 e. The van der Waals surface area contributed by atoms with Crippen LogP contribution in [0.5, 0.6) is 11.5 Å². The lowest BCUT2D eigenvalue weighted by atomic mass is 10.2. The van der Waals surface area contributed by atoms with Gasteiger partial charge in [-0.25, -0.2) is 4.98 Å². The molecule has 0 aliphatic carbocycles. The largest absolute Gasteiger partial charge is 0.486 e. The van der Waals surface area contributed by atoms with Crippen molar-refractivity contribution in [2.24, 2.45) is 0 Å². The minimum Gasteiger partial charge on any atom is -0.486 e. The highest BCUT2D eigenvalue weighted by atomic mass is 16.6. The Labute approximate surface area is 128 Å². The fourth-order valence-electron chi connectivity index (χ4n) is 2.60. The predicted molar refractivity (Wildman–Crippen MR) is 84.7 cm³/mol. The summed E-state index contributed by atoms with van der Waals surface area (Å²) in [7, 11) is 0. The molecule has 0 amide bonds.